The van der Waals surface area contributed by atoms with Crippen LogP contribution in [0.2, 0.25) is 0 Å². The van der Waals surface area contributed by atoms with Gasteiger partial charge in [-0.15, -0.1) is 0 Å². The zero-order valence-corrected chi connectivity index (χ0v) is 17.9. The highest BCUT2D eigenvalue weighted by molar-refractivity contribution is 5.44. The Kier molecular flexibility index (Phi) is 8.00. The Labute approximate surface area is 169 Å². The summed E-state index contributed by atoms with van der Waals surface area (Å²) in [4.78, 5) is 0. The molecule has 5 heteroatoms. The molecule has 2 aromatic rings. The monoisotopic (exact) mass is 387 g/mol. The summed E-state index contributed by atoms with van der Waals surface area (Å²) in [6.45, 7) is 10.7. The summed E-state index contributed by atoms with van der Waals surface area (Å²) in [5.41, 5.74) is 2.22. The first-order chi connectivity index (χ1) is 13.4. The van der Waals surface area contributed by atoms with Gasteiger partial charge in [0.25, 0.3) is 0 Å². The van der Waals surface area contributed by atoms with Gasteiger partial charge in [0.15, 0.2) is 11.5 Å². The molecule has 0 atom stereocenters. The predicted octanol–water partition coefficient (Wildman–Crippen LogP) is 4.57. The third-order valence-corrected chi connectivity index (χ3v) is 4.28. The Hall–Kier alpha value is -2.40. The van der Waals surface area contributed by atoms with Crippen molar-refractivity contribution >= 4 is 0 Å². The summed E-state index contributed by atoms with van der Waals surface area (Å²) < 4.78 is 23.0. The molecule has 28 heavy (non-hydrogen) atoms. The zero-order valence-electron chi connectivity index (χ0n) is 17.9. The molecule has 0 bridgehead atoms. The quantitative estimate of drug-likeness (QED) is 0.605. The van der Waals surface area contributed by atoms with Gasteiger partial charge >= 0.3 is 0 Å². The fourth-order valence-electron chi connectivity index (χ4n) is 2.91. The van der Waals surface area contributed by atoms with Crippen LogP contribution in [0.3, 0.4) is 0 Å². The van der Waals surface area contributed by atoms with Crippen molar-refractivity contribution in [3.05, 3.63) is 47.5 Å². The van der Waals surface area contributed by atoms with Crippen LogP contribution in [-0.2, 0) is 12.0 Å². The van der Waals surface area contributed by atoms with Gasteiger partial charge in [-0.05, 0) is 55.3 Å². The van der Waals surface area contributed by atoms with Crippen molar-refractivity contribution in [2.45, 2.75) is 39.7 Å². The lowest BCUT2D eigenvalue weighted by Crippen LogP contribution is -2.16. The zero-order chi connectivity index (χ0) is 20.6. The molecule has 5 nitrogen and oxygen atoms in total. The maximum atomic E-state index is 6.02. The predicted molar refractivity (Wildman–Crippen MR) is 113 cm³/mol. The summed E-state index contributed by atoms with van der Waals surface area (Å²) >= 11 is 0. The smallest absolute Gasteiger partial charge is 0.161 e. The third kappa shape index (κ3) is 6.06. The molecule has 154 valence electrons. The normalized spacial score (nSPS) is 11.2. The highest BCUT2D eigenvalue weighted by atomic mass is 16.5. The number of methoxy groups -OCH3 is 1. The Balaban J connectivity index is 2.01. The van der Waals surface area contributed by atoms with Crippen molar-refractivity contribution in [2.75, 3.05) is 34.0 Å². The molecule has 0 spiro atoms. The number of benzene rings is 2. The molecule has 0 aliphatic carbocycles. The number of hydrogen-bond acceptors (Lipinski definition) is 5. The van der Waals surface area contributed by atoms with Crippen LogP contribution in [0.5, 0.6) is 23.0 Å². The molecule has 0 amide bonds. The van der Waals surface area contributed by atoms with E-state index in [9.17, 15) is 0 Å². The molecule has 0 radical (unpaired) electrons. The minimum atomic E-state index is -0.0456. The molecule has 2 rings (SSSR count). The molecule has 2 aromatic carbocycles. The van der Waals surface area contributed by atoms with Crippen molar-refractivity contribution in [1.82, 2.24) is 5.32 Å². The minimum absolute atomic E-state index is 0.0456. The van der Waals surface area contributed by atoms with E-state index in [0.29, 0.717) is 19.8 Å². The van der Waals surface area contributed by atoms with Crippen LogP contribution in [-0.4, -0.2) is 34.0 Å². The fraction of sp³-hybridized carbons (Fsp3) is 0.478. The van der Waals surface area contributed by atoms with Gasteiger partial charge in [0.1, 0.15) is 24.7 Å². The molecular weight excluding hydrogens is 354 g/mol. The maximum absolute atomic E-state index is 6.02. The van der Waals surface area contributed by atoms with E-state index in [1.807, 2.05) is 50.4 Å². The van der Waals surface area contributed by atoms with Crippen LogP contribution in [0.15, 0.2) is 36.4 Å². The summed E-state index contributed by atoms with van der Waals surface area (Å²) in [5, 5.41) is 3.14. The van der Waals surface area contributed by atoms with E-state index < -0.39 is 0 Å². The van der Waals surface area contributed by atoms with Crippen LogP contribution in [0.4, 0.5) is 0 Å². The lowest BCUT2D eigenvalue weighted by Gasteiger charge is -2.23. The van der Waals surface area contributed by atoms with Crippen molar-refractivity contribution in [1.29, 1.82) is 0 Å². The van der Waals surface area contributed by atoms with Gasteiger partial charge in [-0.3, -0.25) is 0 Å². The largest absolute Gasteiger partial charge is 0.497 e. The van der Waals surface area contributed by atoms with E-state index in [4.69, 9.17) is 18.9 Å². The number of hydrogen-bond donors (Lipinski definition) is 1. The van der Waals surface area contributed by atoms with Gasteiger partial charge in [-0.2, -0.15) is 0 Å². The van der Waals surface area contributed by atoms with E-state index in [1.54, 1.807) is 7.11 Å². The minimum Gasteiger partial charge on any atom is -0.497 e. The van der Waals surface area contributed by atoms with Crippen molar-refractivity contribution in [2.24, 2.45) is 0 Å². The second kappa shape index (κ2) is 10.2. The average molecular weight is 388 g/mol. The molecule has 1 N–H and O–H groups in total. The second-order valence-corrected chi connectivity index (χ2v) is 7.55. The van der Waals surface area contributed by atoms with E-state index in [1.165, 1.54) is 0 Å². The number of nitrogens with one attached hydrogen (secondary N) is 1. The van der Waals surface area contributed by atoms with Crippen LogP contribution in [0.25, 0.3) is 0 Å². The summed E-state index contributed by atoms with van der Waals surface area (Å²) in [7, 11) is 3.60. The highest BCUT2D eigenvalue weighted by Gasteiger charge is 2.20. The lowest BCUT2D eigenvalue weighted by molar-refractivity contribution is 0.206. The first kappa shape index (κ1) is 21.9. The Bertz CT molecular complexity index is 753. The molecule has 0 aliphatic heterocycles. The highest BCUT2D eigenvalue weighted by Crippen LogP contribution is 2.34. The van der Waals surface area contributed by atoms with E-state index in [-0.39, 0.29) is 5.41 Å². The van der Waals surface area contributed by atoms with Gasteiger partial charge in [0, 0.05) is 12.1 Å². The lowest BCUT2D eigenvalue weighted by atomic mass is 9.86. The summed E-state index contributed by atoms with van der Waals surface area (Å²) in [6, 6.07) is 11.9. The molecule has 0 unspecified atom stereocenters. The molecule has 0 saturated carbocycles. The van der Waals surface area contributed by atoms with E-state index in [0.717, 1.165) is 40.7 Å². The van der Waals surface area contributed by atoms with Crippen LogP contribution in [0.1, 0.15) is 38.8 Å². The molecule has 0 heterocycles. The van der Waals surface area contributed by atoms with Gasteiger partial charge < -0.3 is 24.3 Å². The Morgan fingerprint density at radius 3 is 2.14 bits per heavy atom. The summed E-state index contributed by atoms with van der Waals surface area (Å²) in [5.74, 6) is 3.17. The van der Waals surface area contributed by atoms with Crippen molar-refractivity contribution in [3.8, 4) is 23.0 Å². The fourth-order valence-corrected chi connectivity index (χ4v) is 2.91. The standard InChI is InChI=1S/C23H33NO4/c1-7-26-22-14-17(16-24-5)8-10-21(22)28-13-12-27-20-11-9-18(25-6)15-19(20)23(2,3)4/h8-11,14-15,24H,7,12-13,16H2,1-6H3. The average Bonchev–Trinajstić information content (AvgIpc) is 2.66. The van der Waals surface area contributed by atoms with E-state index >= 15 is 0 Å². The summed E-state index contributed by atoms with van der Waals surface area (Å²) in [6.07, 6.45) is 0. The van der Waals surface area contributed by atoms with Crippen molar-refractivity contribution in [3.63, 3.8) is 0 Å². The first-order valence-corrected chi connectivity index (χ1v) is 9.73. The van der Waals surface area contributed by atoms with Gasteiger partial charge in [-0.1, -0.05) is 26.8 Å². The third-order valence-electron chi connectivity index (χ3n) is 4.28. The Morgan fingerprint density at radius 1 is 0.857 bits per heavy atom. The van der Waals surface area contributed by atoms with Gasteiger partial charge in [-0.25, -0.2) is 0 Å². The van der Waals surface area contributed by atoms with Crippen LogP contribution in [0, 0.1) is 0 Å². The first-order valence-electron chi connectivity index (χ1n) is 9.73. The van der Waals surface area contributed by atoms with Crippen molar-refractivity contribution < 1.29 is 18.9 Å². The molecule has 0 saturated heterocycles. The number of rotatable bonds is 10. The van der Waals surface area contributed by atoms with E-state index in [2.05, 4.69) is 26.1 Å². The van der Waals surface area contributed by atoms with Crippen LogP contribution >= 0.6 is 0 Å². The molecule has 0 aromatic heterocycles. The molecule has 0 fully saturated rings. The van der Waals surface area contributed by atoms with Gasteiger partial charge in [0.2, 0.25) is 0 Å². The van der Waals surface area contributed by atoms with Gasteiger partial charge in [0.05, 0.1) is 13.7 Å². The molecular formula is C23H33NO4. The van der Waals surface area contributed by atoms with Crippen LogP contribution < -0.4 is 24.3 Å². The molecule has 0 aliphatic rings. The maximum Gasteiger partial charge on any atom is 0.161 e. The topological polar surface area (TPSA) is 49.0 Å². The second-order valence-electron chi connectivity index (χ2n) is 7.55. The Morgan fingerprint density at radius 2 is 1.54 bits per heavy atom. The SMILES string of the molecule is CCOc1cc(CNC)ccc1OCCOc1ccc(OC)cc1C(C)(C)C. The number of ether oxygens (including phenoxy) is 4.